The third-order valence-electron chi connectivity index (χ3n) is 1.78. The maximum atomic E-state index is 11.8. The number of ether oxygens (including phenoxy) is 1. The highest BCUT2D eigenvalue weighted by Crippen LogP contribution is 2.23. The number of amides is 2. The molecule has 0 aliphatic heterocycles. The van der Waals surface area contributed by atoms with E-state index in [0.29, 0.717) is 6.08 Å². The van der Waals surface area contributed by atoms with Gasteiger partial charge in [0.25, 0.3) is 0 Å². The molecule has 12 heteroatoms. The lowest BCUT2D eigenvalue weighted by atomic mass is 10.3. The van der Waals surface area contributed by atoms with Gasteiger partial charge in [-0.05, 0) is 12.1 Å². The van der Waals surface area contributed by atoms with Gasteiger partial charge < -0.3 is 10.1 Å². The molecule has 0 atom stereocenters. The van der Waals surface area contributed by atoms with Crippen molar-refractivity contribution in [3.63, 3.8) is 0 Å². The van der Waals surface area contributed by atoms with Crippen LogP contribution in [0.4, 0.5) is 36.8 Å². The van der Waals surface area contributed by atoms with E-state index < -0.39 is 18.6 Å². The van der Waals surface area contributed by atoms with E-state index >= 15 is 0 Å². The summed E-state index contributed by atoms with van der Waals surface area (Å²) in [5, 5.41) is 2.84. The van der Waals surface area contributed by atoms with Crippen LogP contribution in [-0.4, -0.2) is 31.8 Å². The van der Waals surface area contributed by atoms with Crippen LogP contribution in [0, 0.1) is 0 Å². The first-order valence-electron chi connectivity index (χ1n) is 5.43. The lowest BCUT2D eigenvalue weighted by molar-refractivity contribution is -0.144. The molecule has 0 saturated heterocycles. The van der Waals surface area contributed by atoms with E-state index in [2.05, 4.69) is 0 Å². The Balaban J connectivity index is 0.000000585. The van der Waals surface area contributed by atoms with E-state index in [-0.39, 0.29) is 11.4 Å². The first-order chi connectivity index (χ1) is 10.5. The van der Waals surface area contributed by atoms with Gasteiger partial charge in [0.2, 0.25) is 6.08 Å². The molecule has 1 rings (SSSR count). The van der Waals surface area contributed by atoms with Crippen LogP contribution in [0.25, 0.3) is 0 Å². The highest BCUT2D eigenvalue weighted by Gasteiger charge is 2.30. The number of isocyanates is 1. The Labute approximate surface area is 125 Å². The van der Waals surface area contributed by atoms with Crippen molar-refractivity contribution in [3.8, 4) is 5.75 Å². The van der Waals surface area contributed by atoms with Crippen LogP contribution in [0.3, 0.4) is 0 Å². The minimum absolute atomic E-state index is 0.159. The predicted octanol–water partition coefficient (Wildman–Crippen LogP) is 3.18. The number of urea groups is 1. The summed E-state index contributed by atoms with van der Waals surface area (Å²) >= 11 is 0. The van der Waals surface area contributed by atoms with Crippen molar-refractivity contribution in [1.82, 2.24) is 5.32 Å². The Morgan fingerprint density at radius 2 is 1.74 bits per heavy atom. The Kier molecular flexibility index (Phi) is 7.60. The SMILES string of the molecule is COc1ccccc1NC(=O)NC(F)(F)F.O=C=NC(F)(F)F. The van der Waals surface area contributed by atoms with Crippen molar-refractivity contribution in [2.24, 2.45) is 4.99 Å². The second-order valence-corrected chi connectivity index (χ2v) is 3.45. The fraction of sp³-hybridized carbons (Fsp3) is 0.273. The lowest BCUT2D eigenvalue weighted by Gasteiger charge is -2.12. The van der Waals surface area contributed by atoms with Crippen molar-refractivity contribution < 1.29 is 40.7 Å². The van der Waals surface area contributed by atoms with Gasteiger partial charge in [-0.3, -0.25) is 0 Å². The number of para-hydroxylation sites is 2. The highest BCUT2D eigenvalue weighted by molar-refractivity contribution is 5.91. The van der Waals surface area contributed by atoms with Crippen LogP contribution in [-0.2, 0) is 4.79 Å². The number of nitrogens with zero attached hydrogens (tertiary/aromatic N) is 1. The number of hydrogen-bond acceptors (Lipinski definition) is 4. The molecule has 128 valence electrons. The molecule has 0 aliphatic carbocycles. The van der Waals surface area contributed by atoms with E-state index in [1.54, 1.807) is 12.1 Å². The largest absolute Gasteiger partial charge is 0.513 e. The van der Waals surface area contributed by atoms with Gasteiger partial charge in [0.1, 0.15) is 5.75 Å². The summed E-state index contributed by atoms with van der Waals surface area (Å²) in [5.41, 5.74) is 0.159. The molecule has 0 spiro atoms. The predicted molar refractivity (Wildman–Crippen MR) is 65.4 cm³/mol. The first-order valence-corrected chi connectivity index (χ1v) is 5.43. The van der Waals surface area contributed by atoms with Crippen molar-refractivity contribution >= 4 is 17.8 Å². The van der Waals surface area contributed by atoms with E-state index in [9.17, 15) is 31.1 Å². The van der Waals surface area contributed by atoms with Gasteiger partial charge in [-0.25, -0.2) is 14.9 Å². The third kappa shape index (κ3) is 10.6. The van der Waals surface area contributed by atoms with Crippen LogP contribution in [0.15, 0.2) is 29.3 Å². The zero-order valence-corrected chi connectivity index (χ0v) is 11.2. The monoisotopic (exact) mass is 345 g/mol. The molecular formula is C11H9F6N3O3. The molecule has 0 bridgehead atoms. The number of rotatable bonds is 2. The molecule has 0 unspecified atom stereocenters. The number of carbonyl (C=O) groups excluding carboxylic acids is 2. The minimum atomic E-state index is -4.76. The van der Waals surface area contributed by atoms with E-state index in [1.165, 1.54) is 24.2 Å². The average Bonchev–Trinajstić information content (AvgIpc) is 2.36. The van der Waals surface area contributed by atoms with Gasteiger partial charge in [0.05, 0.1) is 12.8 Å². The van der Waals surface area contributed by atoms with E-state index in [0.717, 1.165) is 5.32 Å². The zero-order valence-electron chi connectivity index (χ0n) is 11.2. The minimum Gasteiger partial charge on any atom is -0.495 e. The van der Waals surface area contributed by atoms with Gasteiger partial charge >= 0.3 is 18.6 Å². The third-order valence-corrected chi connectivity index (χ3v) is 1.78. The topological polar surface area (TPSA) is 79.8 Å². The average molecular weight is 345 g/mol. The second kappa shape index (κ2) is 8.63. The van der Waals surface area contributed by atoms with Crippen LogP contribution in [0.1, 0.15) is 0 Å². The summed E-state index contributed by atoms with van der Waals surface area (Å²) in [5.74, 6) is 0.278. The molecule has 0 fully saturated rings. The number of anilines is 1. The highest BCUT2D eigenvalue weighted by atomic mass is 19.4. The standard InChI is InChI=1S/C9H9F3N2O2.C2F3NO/c1-16-7-5-3-2-4-6(7)13-8(15)14-9(10,11)12;3-2(4,5)6-1-7/h2-5H,1H3,(H2,13,14,15);. The number of nitrogens with one attached hydrogen (secondary N) is 2. The van der Waals surface area contributed by atoms with E-state index in [4.69, 9.17) is 9.53 Å². The second-order valence-electron chi connectivity index (χ2n) is 3.45. The fourth-order valence-electron chi connectivity index (χ4n) is 1.08. The molecule has 2 N–H and O–H groups in total. The molecule has 0 aromatic heterocycles. The fourth-order valence-corrected chi connectivity index (χ4v) is 1.08. The van der Waals surface area contributed by atoms with Crippen LogP contribution in [0.5, 0.6) is 5.75 Å². The molecule has 0 radical (unpaired) electrons. The van der Waals surface area contributed by atoms with Crippen molar-refractivity contribution in [1.29, 1.82) is 0 Å². The summed E-state index contributed by atoms with van der Waals surface area (Å²) in [6.45, 7) is 0. The van der Waals surface area contributed by atoms with Gasteiger partial charge in [0, 0.05) is 0 Å². The smallest absolute Gasteiger partial charge is 0.495 e. The summed E-state index contributed by atoms with van der Waals surface area (Å²) in [7, 11) is 1.35. The number of hydrogen-bond donors (Lipinski definition) is 2. The Bertz CT molecular complexity index is 567. The summed E-state index contributed by atoms with van der Waals surface area (Å²) in [6.07, 6.45) is -9.15. The van der Waals surface area contributed by atoms with Crippen LogP contribution in [0.2, 0.25) is 0 Å². The molecule has 0 saturated carbocycles. The maximum Gasteiger partial charge on any atom is 0.513 e. The number of halogens is 6. The number of carbonyl (C=O) groups is 1. The molecule has 23 heavy (non-hydrogen) atoms. The summed E-state index contributed by atoms with van der Waals surface area (Å²) in [4.78, 5) is 21.2. The molecular weight excluding hydrogens is 336 g/mol. The normalized spacial score (nSPS) is 10.6. The quantitative estimate of drug-likeness (QED) is 0.374. The zero-order chi connectivity index (χ0) is 18.1. The Morgan fingerprint density at radius 1 is 1.17 bits per heavy atom. The summed E-state index contributed by atoms with van der Waals surface area (Å²) < 4.78 is 72.1. The first kappa shape index (κ1) is 20.2. The number of methoxy groups -OCH3 is 1. The Morgan fingerprint density at radius 3 is 2.13 bits per heavy atom. The van der Waals surface area contributed by atoms with Gasteiger partial charge in [0.15, 0.2) is 0 Å². The van der Waals surface area contributed by atoms with Crippen molar-refractivity contribution in [2.75, 3.05) is 12.4 Å². The lowest BCUT2D eigenvalue weighted by Crippen LogP contribution is -2.40. The number of benzene rings is 1. The van der Waals surface area contributed by atoms with Crippen LogP contribution >= 0.6 is 0 Å². The van der Waals surface area contributed by atoms with Crippen molar-refractivity contribution in [2.45, 2.75) is 12.6 Å². The maximum absolute atomic E-state index is 11.8. The Hall–Kier alpha value is -2.75. The molecule has 6 nitrogen and oxygen atoms in total. The molecule has 0 aliphatic rings. The number of alkyl halides is 6. The molecule has 2 amide bonds. The molecule has 1 aromatic rings. The molecule has 0 heterocycles. The van der Waals surface area contributed by atoms with Gasteiger partial charge in [-0.2, -0.15) is 13.2 Å². The van der Waals surface area contributed by atoms with E-state index in [1.807, 2.05) is 5.32 Å². The number of aliphatic imine (C=N–C) groups is 1. The summed E-state index contributed by atoms with van der Waals surface area (Å²) in [6, 6.07) is 4.77. The van der Waals surface area contributed by atoms with Gasteiger partial charge in [-0.15, -0.1) is 18.2 Å². The van der Waals surface area contributed by atoms with Crippen LogP contribution < -0.4 is 15.4 Å². The molecule has 1 aromatic carbocycles. The van der Waals surface area contributed by atoms with Crippen molar-refractivity contribution in [3.05, 3.63) is 24.3 Å². The van der Waals surface area contributed by atoms with Gasteiger partial charge in [-0.1, -0.05) is 12.1 Å².